The van der Waals surface area contributed by atoms with Crippen LogP contribution in [0.4, 0.5) is 4.79 Å². The van der Waals surface area contributed by atoms with Crippen molar-refractivity contribution in [3.63, 3.8) is 0 Å². The lowest BCUT2D eigenvalue weighted by molar-refractivity contribution is -0.141. The molecule has 2 fully saturated rings. The molecule has 4 rings (SSSR count). The summed E-state index contributed by atoms with van der Waals surface area (Å²) in [5, 5.41) is 2.97. The summed E-state index contributed by atoms with van der Waals surface area (Å²) in [4.78, 5) is 36.0. The molecule has 0 aromatic carbocycles. The van der Waals surface area contributed by atoms with E-state index in [0.29, 0.717) is 24.7 Å². The minimum Gasteiger partial charge on any atom is -0.467 e. The van der Waals surface area contributed by atoms with Crippen molar-refractivity contribution < 1.29 is 23.8 Å². The van der Waals surface area contributed by atoms with Crippen molar-refractivity contribution in [2.75, 3.05) is 26.8 Å². The third-order valence-electron chi connectivity index (χ3n) is 6.34. The normalized spacial score (nSPS) is 29.0. The van der Waals surface area contributed by atoms with Gasteiger partial charge in [0.1, 0.15) is 5.60 Å². The van der Waals surface area contributed by atoms with Gasteiger partial charge < -0.3 is 24.4 Å². The Morgan fingerprint density at radius 2 is 2.09 bits per heavy atom. The molecule has 3 atom stereocenters. The van der Waals surface area contributed by atoms with Crippen molar-refractivity contribution in [2.45, 2.75) is 83.6 Å². The number of hydrogen-bond acceptors (Lipinski definition) is 7. The van der Waals surface area contributed by atoms with Gasteiger partial charge in [0, 0.05) is 19.3 Å². The Labute approximate surface area is 202 Å². The molecule has 0 saturated carbocycles. The van der Waals surface area contributed by atoms with E-state index >= 15 is 0 Å². The van der Waals surface area contributed by atoms with Crippen molar-refractivity contribution in [3.8, 4) is 0 Å². The number of nitrogens with zero attached hydrogens (tertiary/aromatic N) is 3. The highest BCUT2D eigenvalue weighted by Gasteiger charge is 2.37. The molecule has 188 valence electrons. The van der Waals surface area contributed by atoms with E-state index in [1.165, 1.54) is 0 Å². The highest BCUT2D eigenvalue weighted by Crippen LogP contribution is 2.31. The molecular weight excluding hydrogens is 436 g/mol. The zero-order chi connectivity index (χ0) is 24.9. The average molecular weight is 475 g/mol. The van der Waals surface area contributed by atoms with Gasteiger partial charge in [-0.05, 0) is 72.1 Å². The second-order valence-electron chi connectivity index (χ2n) is 9.94. The molecule has 1 unspecified atom stereocenters. The predicted molar refractivity (Wildman–Crippen MR) is 131 cm³/mol. The molecule has 0 aromatic heterocycles. The number of carbonyl (C=O) groups excluding carboxylic acids is 2. The average Bonchev–Trinajstić information content (AvgIpc) is 2.80. The van der Waals surface area contributed by atoms with Crippen LogP contribution in [0.2, 0.25) is 0 Å². The first-order valence-corrected chi connectivity index (χ1v) is 12.0. The molecule has 0 spiro atoms. The minimum atomic E-state index is -0.602. The number of fused-ring (bicyclic) bond motifs is 7. The van der Waals surface area contributed by atoms with Crippen LogP contribution < -0.4 is 5.32 Å². The first-order valence-electron chi connectivity index (χ1n) is 12.0. The van der Waals surface area contributed by atoms with Gasteiger partial charge in [-0.2, -0.15) is 0 Å². The van der Waals surface area contributed by atoms with Gasteiger partial charge in [0.2, 0.25) is 5.90 Å². The molecule has 0 radical (unpaired) electrons. The standard InChI is InChI=1S/C25H38N4O5/c1-16(26-5)22-17-9-11-18(12-10-17)32-14-20-19(28-24(31)34-25(2,3)4)8-7-13-29(20)21(30)15-33-23(22)27-6/h9,18-20H,5,7-8,10-15H2,1-4,6H3,(H,28,31)/b22-16-,27-23+/t18?,19-,20-/m0/s1. The number of nitrogens with one attached hydrogen (secondary N) is 1. The van der Waals surface area contributed by atoms with E-state index in [2.05, 4.69) is 28.1 Å². The Morgan fingerprint density at radius 1 is 1.32 bits per heavy atom. The van der Waals surface area contributed by atoms with Crippen molar-refractivity contribution in [1.82, 2.24) is 10.2 Å². The fourth-order valence-electron chi connectivity index (χ4n) is 4.69. The zero-order valence-electron chi connectivity index (χ0n) is 21.1. The number of amides is 2. The van der Waals surface area contributed by atoms with Gasteiger partial charge in [-0.1, -0.05) is 6.08 Å². The minimum absolute atomic E-state index is 0.0340. The molecule has 0 aromatic rings. The number of allylic oxidation sites excluding steroid dienone is 1. The van der Waals surface area contributed by atoms with Crippen molar-refractivity contribution >= 4 is 24.6 Å². The summed E-state index contributed by atoms with van der Waals surface area (Å²) >= 11 is 0. The molecule has 9 nitrogen and oxygen atoms in total. The molecule has 4 aliphatic rings. The van der Waals surface area contributed by atoms with Crippen LogP contribution in [0.1, 0.15) is 59.8 Å². The number of hydrogen-bond donors (Lipinski definition) is 1. The number of aliphatic imine (C=N–C) groups is 2. The van der Waals surface area contributed by atoms with E-state index in [1.54, 1.807) is 11.9 Å². The maximum atomic E-state index is 13.3. The van der Waals surface area contributed by atoms with Crippen LogP contribution in [0.5, 0.6) is 0 Å². The quantitative estimate of drug-likeness (QED) is 0.618. The van der Waals surface area contributed by atoms with E-state index in [1.807, 2.05) is 27.7 Å². The first kappa shape index (κ1) is 25.9. The molecule has 1 N–H and O–H groups in total. The van der Waals surface area contributed by atoms with Gasteiger partial charge in [0.05, 0.1) is 30.4 Å². The van der Waals surface area contributed by atoms with Crippen LogP contribution in [-0.2, 0) is 19.0 Å². The van der Waals surface area contributed by atoms with Gasteiger partial charge in [0.25, 0.3) is 5.91 Å². The number of rotatable bonds is 2. The van der Waals surface area contributed by atoms with Crippen LogP contribution in [0, 0.1) is 0 Å². The largest absolute Gasteiger partial charge is 0.467 e. The summed E-state index contributed by atoms with van der Waals surface area (Å²) in [7, 11) is 1.65. The van der Waals surface area contributed by atoms with E-state index in [9.17, 15) is 9.59 Å². The molecule has 34 heavy (non-hydrogen) atoms. The first-order chi connectivity index (χ1) is 16.1. The molecule has 9 heteroatoms. The monoisotopic (exact) mass is 474 g/mol. The summed E-state index contributed by atoms with van der Waals surface area (Å²) in [6.45, 7) is 11.8. The van der Waals surface area contributed by atoms with E-state index < -0.39 is 11.7 Å². The summed E-state index contributed by atoms with van der Waals surface area (Å²) in [5.74, 6) is 0.217. The lowest BCUT2D eigenvalue weighted by atomic mass is 9.90. The molecule has 2 saturated heterocycles. The van der Waals surface area contributed by atoms with Gasteiger partial charge in [-0.15, -0.1) is 0 Å². The van der Waals surface area contributed by atoms with Crippen molar-refractivity contribution in [1.29, 1.82) is 0 Å². The van der Waals surface area contributed by atoms with E-state index in [4.69, 9.17) is 14.2 Å². The Hall–Kier alpha value is -2.68. The topological polar surface area (TPSA) is 102 Å². The number of carbonyl (C=O) groups is 2. The highest BCUT2D eigenvalue weighted by molar-refractivity contribution is 5.99. The maximum Gasteiger partial charge on any atom is 0.407 e. The lowest BCUT2D eigenvalue weighted by Gasteiger charge is -2.42. The fraction of sp³-hybridized carbons (Fsp3) is 0.680. The fourth-order valence-corrected chi connectivity index (χ4v) is 4.69. The predicted octanol–water partition coefficient (Wildman–Crippen LogP) is 3.40. The summed E-state index contributed by atoms with van der Waals surface area (Å²) < 4.78 is 17.7. The lowest BCUT2D eigenvalue weighted by Crippen LogP contribution is -2.60. The van der Waals surface area contributed by atoms with E-state index in [-0.39, 0.29) is 30.7 Å². The molecule has 3 aliphatic heterocycles. The summed E-state index contributed by atoms with van der Waals surface area (Å²) in [6, 6.07) is -0.577. The molecule has 3 heterocycles. The Kier molecular flexibility index (Phi) is 8.52. The van der Waals surface area contributed by atoms with Crippen LogP contribution in [0.15, 0.2) is 32.9 Å². The van der Waals surface area contributed by atoms with Gasteiger partial charge in [-0.25, -0.2) is 4.79 Å². The Balaban J connectivity index is 1.87. The zero-order valence-corrected chi connectivity index (χ0v) is 21.1. The van der Waals surface area contributed by atoms with Crippen LogP contribution in [-0.4, -0.2) is 80.1 Å². The Morgan fingerprint density at radius 3 is 2.71 bits per heavy atom. The van der Waals surface area contributed by atoms with Gasteiger partial charge in [-0.3, -0.25) is 14.8 Å². The van der Waals surface area contributed by atoms with E-state index in [0.717, 1.165) is 43.3 Å². The van der Waals surface area contributed by atoms with Gasteiger partial charge in [0.15, 0.2) is 6.61 Å². The number of ether oxygens (including phenoxy) is 3. The van der Waals surface area contributed by atoms with Crippen LogP contribution in [0.3, 0.4) is 0 Å². The summed E-state index contributed by atoms with van der Waals surface area (Å²) in [6.07, 6.45) is 5.55. The molecular formula is C25H38N4O5. The SMILES string of the molecule is C=N/C(C)=C1/C2=CCC(CC2)OC[C@H]2[C@@H](NC(=O)OC(C)(C)C)CCCN2C(=O)CO/C1=N/C. The second kappa shape index (κ2) is 11.2. The molecule has 2 bridgehead atoms. The smallest absolute Gasteiger partial charge is 0.407 e. The Bertz CT molecular complexity index is 886. The highest BCUT2D eigenvalue weighted by atomic mass is 16.6. The van der Waals surface area contributed by atoms with Crippen molar-refractivity contribution in [2.24, 2.45) is 9.98 Å². The second-order valence-corrected chi connectivity index (χ2v) is 9.94. The maximum absolute atomic E-state index is 13.3. The number of piperidine rings is 1. The molecule has 2 amide bonds. The van der Waals surface area contributed by atoms with Crippen LogP contribution in [0.25, 0.3) is 0 Å². The summed E-state index contributed by atoms with van der Waals surface area (Å²) in [5.41, 5.74) is 1.99. The third kappa shape index (κ3) is 6.46. The third-order valence-corrected chi connectivity index (χ3v) is 6.34. The number of alkyl carbamates (subject to hydrolysis) is 1. The van der Waals surface area contributed by atoms with Gasteiger partial charge >= 0.3 is 6.09 Å². The van der Waals surface area contributed by atoms with Crippen molar-refractivity contribution in [3.05, 3.63) is 22.9 Å². The molecule has 1 aliphatic carbocycles. The van der Waals surface area contributed by atoms with Crippen LogP contribution >= 0.6 is 0 Å².